The maximum atomic E-state index is 12.6. The Morgan fingerprint density at radius 2 is 1.96 bits per heavy atom. The van der Waals surface area contributed by atoms with Crippen molar-refractivity contribution in [3.8, 4) is 10.6 Å². The van der Waals surface area contributed by atoms with Crippen LogP contribution in [0.5, 0.6) is 0 Å². The van der Waals surface area contributed by atoms with Crippen LogP contribution in [0.1, 0.15) is 15.4 Å². The number of amides is 1. The fraction of sp³-hybridized carbons (Fsp3) is 0.222. The smallest absolute Gasteiger partial charge is 0.227 e. The van der Waals surface area contributed by atoms with E-state index in [2.05, 4.69) is 11.1 Å². The number of aryl methyl sites for hydroxylation is 1. The quantitative estimate of drug-likeness (QED) is 0.689. The Hall–Kier alpha value is -1.98. The van der Waals surface area contributed by atoms with Crippen molar-refractivity contribution < 1.29 is 4.79 Å². The molecule has 1 aromatic carbocycles. The first-order chi connectivity index (χ1) is 11.1. The second kappa shape index (κ2) is 7.06. The fourth-order valence-electron chi connectivity index (χ4n) is 2.41. The summed E-state index contributed by atoms with van der Waals surface area (Å²) < 4.78 is 0. The average molecular weight is 342 g/mol. The fourth-order valence-corrected chi connectivity index (χ4v) is 4.16. The Morgan fingerprint density at radius 3 is 2.65 bits per heavy atom. The summed E-state index contributed by atoms with van der Waals surface area (Å²) in [6, 6.07) is 14.1. The molecule has 0 fully saturated rings. The minimum atomic E-state index is 0.121. The molecule has 0 atom stereocenters. The lowest BCUT2D eigenvalue weighted by atomic mass is 10.2. The van der Waals surface area contributed by atoms with Gasteiger partial charge in [-0.25, -0.2) is 4.98 Å². The first-order valence-corrected chi connectivity index (χ1v) is 9.11. The number of hydrogen-bond donors (Lipinski definition) is 0. The number of hydrogen-bond acceptors (Lipinski definition) is 4. The number of likely N-dealkylation sites (N-methyl/N-ethyl adjacent to an activating group) is 1. The normalized spacial score (nSPS) is 10.7. The summed E-state index contributed by atoms with van der Waals surface area (Å²) in [6.45, 7) is 2.62. The number of carbonyl (C=O) groups excluding carboxylic acids is 1. The van der Waals surface area contributed by atoms with Crippen LogP contribution in [0, 0.1) is 6.92 Å². The molecule has 118 valence electrons. The number of benzene rings is 1. The van der Waals surface area contributed by atoms with Crippen molar-refractivity contribution >= 4 is 28.6 Å². The number of aromatic nitrogens is 1. The molecule has 0 spiro atoms. The molecule has 3 rings (SSSR count). The van der Waals surface area contributed by atoms with Gasteiger partial charge in [-0.3, -0.25) is 4.79 Å². The lowest BCUT2D eigenvalue weighted by Crippen LogP contribution is -2.27. The van der Waals surface area contributed by atoms with Gasteiger partial charge in [0.05, 0.1) is 22.0 Å². The second-order valence-electron chi connectivity index (χ2n) is 5.39. The van der Waals surface area contributed by atoms with Gasteiger partial charge in [0.1, 0.15) is 0 Å². The Bertz CT molecular complexity index is 779. The minimum absolute atomic E-state index is 0.121. The zero-order valence-electron chi connectivity index (χ0n) is 13.2. The van der Waals surface area contributed by atoms with Crippen LogP contribution >= 0.6 is 22.7 Å². The van der Waals surface area contributed by atoms with Crippen LogP contribution in [-0.4, -0.2) is 22.8 Å². The zero-order valence-corrected chi connectivity index (χ0v) is 14.8. The van der Waals surface area contributed by atoms with E-state index in [1.807, 2.05) is 55.7 Å². The molecule has 1 amide bonds. The minimum Gasteiger partial charge on any atom is -0.341 e. The van der Waals surface area contributed by atoms with E-state index < -0.39 is 0 Å². The number of carbonyl (C=O) groups is 1. The molecule has 2 heterocycles. The van der Waals surface area contributed by atoms with Gasteiger partial charge in [0, 0.05) is 18.5 Å². The molecule has 2 aromatic heterocycles. The van der Waals surface area contributed by atoms with Crippen molar-refractivity contribution in [3.63, 3.8) is 0 Å². The second-order valence-corrected chi connectivity index (χ2v) is 7.63. The van der Waals surface area contributed by atoms with Crippen LogP contribution in [0.3, 0.4) is 0 Å². The highest BCUT2D eigenvalue weighted by molar-refractivity contribution is 7.15. The molecule has 3 aromatic rings. The number of rotatable bonds is 5. The van der Waals surface area contributed by atoms with Crippen LogP contribution in [0.25, 0.3) is 10.6 Å². The molecule has 0 aliphatic rings. The van der Waals surface area contributed by atoms with Gasteiger partial charge < -0.3 is 4.90 Å². The molecule has 5 heteroatoms. The SMILES string of the molecule is Cc1nc(-c2cccs2)c(CC(=O)N(C)Cc2ccccc2)s1. The van der Waals surface area contributed by atoms with Crippen molar-refractivity contribution in [1.82, 2.24) is 9.88 Å². The van der Waals surface area contributed by atoms with Crippen molar-refractivity contribution in [1.29, 1.82) is 0 Å². The molecule has 0 unspecified atom stereocenters. The Labute approximate surface area is 144 Å². The Morgan fingerprint density at radius 1 is 1.17 bits per heavy atom. The number of thiophene rings is 1. The lowest BCUT2D eigenvalue weighted by molar-refractivity contribution is -0.129. The molecule has 0 N–H and O–H groups in total. The predicted molar refractivity (Wildman–Crippen MR) is 96.8 cm³/mol. The van der Waals surface area contributed by atoms with Gasteiger partial charge >= 0.3 is 0 Å². The van der Waals surface area contributed by atoms with Crippen LogP contribution in [0.4, 0.5) is 0 Å². The van der Waals surface area contributed by atoms with Crippen molar-refractivity contribution in [2.45, 2.75) is 19.9 Å². The molecule has 0 radical (unpaired) electrons. The van der Waals surface area contributed by atoms with E-state index in [1.165, 1.54) is 0 Å². The zero-order chi connectivity index (χ0) is 16.2. The van der Waals surface area contributed by atoms with E-state index >= 15 is 0 Å². The van der Waals surface area contributed by atoms with Gasteiger partial charge in [-0.05, 0) is 23.9 Å². The maximum Gasteiger partial charge on any atom is 0.227 e. The maximum absolute atomic E-state index is 12.6. The molecular weight excluding hydrogens is 324 g/mol. The molecule has 0 saturated carbocycles. The monoisotopic (exact) mass is 342 g/mol. The van der Waals surface area contributed by atoms with Crippen molar-refractivity contribution in [3.05, 3.63) is 63.3 Å². The summed E-state index contributed by atoms with van der Waals surface area (Å²) in [7, 11) is 1.86. The van der Waals surface area contributed by atoms with Gasteiger partial charge in [-0.2, -0.15) is 0 Å². The first kappa shape index (κ1) is 15.9. The standard InChI is InChI=1S/C18H18N2OS2/c1-13-19-18(15-9-6-10-22-15)16(23-13)11-17(21)20(2)12-14-7-4-3-5-8-14/h3-10H,11-12H2,1-2H3. The topological polar surface area (TPSA) is 33.2 Å². The number of thiazole rings is 1. The van der Waals surface area contributed by atoms with Crippen LogP contribution < -0.4 is 0 Å². The summed E-state index contributed by atoms with van der Waals surface area (Å²) >= 11 is 3.27. The average Bonchev–Trinajstić information content (AvgIpc) is 3.17. The number of nitrogens with zero attached hydrogens (tertiary/aromatic N) is 2. The Balaban J connectivity index is 1.73. The van der Waals surface area contributed by atoms with Crippen LogP contribution in [0.2, 0.25) is 0 Å². The first-order valence-electron chi connectivity index (χ1n) is 7.41. The van der Waals surface area contributed by atoms with E-state index in [1.54, 1.807) is 27.6 Å². The molecule has 0 aliphatic heterocycles. The van der Waals surface area contributed by atoms with Crippen LogP contribution in [0.15, 0.2) is 47.8 Å². The highest BCUT2D eigenvalue weighted by atomic mass is 32.1. The molecule has 0 saturated heterocycles. The largest absolute Gasteiger partial charge is 0.341 e. The third-order valence-corrected chi connectivity index (χ3v) is 5.41. The van der Waals surface area contributed by atoms with E-state index in [-0.39, 0.29) is 5.91 Å². The molecule has 3 nitrogen and oxygen atoms in total. The molecule has 0 bridgehead atoms. The van der Waals surface area contributed by atoms with Gasteiger partial charge in [-0.1, -0.05) is 36.4 Å². The summed E-state index contributed by atoms with van der Waals surface area (Å²) in [6.07, 6.45) is 0.405. The van der Waals surface area contributed by atoms with E-state index in [9.17, 15) is 4.79 Å². The molecular formula is C18H18N2OS2. The summed E-state index contributed by atoms with van der Waals surface area (Å²) in [4.78, 5) is 21.1. The van der Waals surface area contributed by atoms with Gasteiger partial charge in [0.2, 0.25) is 5.91 Å². The van der Waals surface area contributed by atoms with E-state index in [0.717, 1.165) is 26.0 Å². The van der Waals surface area contributed by atoms with Gasteiger partial charge in [0.15, 0.2) is 0 Å². The van der Waals surface area contributed by atoms with Crippen molar-refractivity contribution in [2.75, 3.05) is 7.05 Å². The molecule has 0 aliphatic carbocycles. The lowest BCUT2D eigenvalue weighted by Gasteiger charge is -2.17. The predicted octanol–water partition coefficient (Wildman–Crippen LogP) is 4.38. The third kappa shape index (κ3) is 3.86. The van der Waals surface area contributed by atoms with E-state index in [0.29, 0.717) is 13.0 Å². The van der Waals surface area contributed by atoms with Crippen molar-refractivity contribution in [2.24, 2.45) is 0 Å². The molecule has 23 heavy (non-hydrogen) atoms. The Kier molecular flexibility index (Phi) is 4.88. The summed E-state index contributed by atoms with van der Waals surface area (Å²) in [5, 5.41) is 3.04. The third-order valence-electron chi connectivity index (χ3n) is 3.56. The van der Waals surface area contributed by atoms with Gasteiger partial charge in [0.25, 0.3) is 0 Å². The highest BCUT2D eigenvalue weighted by Gasteiger charge is 2.17. The summed E-state index contributed by atoms with van der Waals surface area (Å²) in [5.41, 5.74) is 2.10. The van der Waals surface area contributed by atoms with Crippen LogP contribution in [-0.2, 0) is 17.8 Å². The van der Waals surface area contributed by atoms with E-state index in [4.69, 9.17) is 0 Å². The summed E-state index contributed by atoms with van der Waals surface area (Å²) in [5.74, 6) is 0.121. The highest BCUT2D eigenvalue weighted by Crippen LogP contribution is 2.31. The van der Waals surface area contributed by atoms with Gasteiger partial charge in [-0.15, -0.1) is 22.7 Å².